The van der Waals surface area contributed by atoms with Gasteiger partial charge in [0.15, 0.2) is 0 Å². The van der Waals surface area contributed by atoms with Crippen LogP contribution in [0.15, 0.2) is 36.5 Å². The molecule has 0 aliphatic rings. The van der Waals surface area contributed by atoms with Crippen LogP contribution in [-0.4, -0.2) is 16.5 Å². The number of benzene rings is 1. The number of rotatable bonds is 4. The Balaban J connectivity index is 2.32. The first kappa shape index (κ1) is 12.7. The van der Waals surface area contributed by atoms with Crippen LogP contribution in [-0.2, 0) is 6.42 Å². The van der Waals surface area contributed by atoms with E-state index < -0.39 is 0 Å². The molecule has 3 nitrogen and oxygen atoms in total. The summed E-state index contributed by atoms with van der Waals surface area (Å²) in [7, 11) is 0. The quantitative estimate of drug-likeness (QED) is 0.895. The van der Waals surface area contributed by atoms with Gasteiger partial charge in [-0.25, -0.2) is 9.97 Å². The van der Waals surface area contributed by atoms with Gasteiger partial charge in [-0.1, -0.05) is 38.1 Å². The standard InChI is InChI=1S/C15H19N3/c1-3-12-4-6-13(7-5-12)14-8-9-17-15(18-14)11(2)10-16/h4-9,11H,3,10,16H2,1-2H3. The Morgan fingerprint density at radius 2 is 1.89 bits per heavy atom. The number of nitrogens with two attached hydrogens (primary N) is 1. The second kappa shape index (κ2) is 5.74. The lowest BCUT2D eigenvalue weighted by Crippen LogP contribution is -2.12. The van der Waals surface area contributed by atoms with E-state index in [2.05, 4.69) is 41.2 Å². The highest BCUT2D eigenvalue weighted by atomic mass is 14.9. The third-order valence-corrected chi connectivity index (χ3v) is 3.13. The molecule has 18 heavy (non-hydrogen) atoms. The molecule has 0 amide bonds. The van der Waals surface area contributed by atoms with Crippen molar-refractivity contribution in [2.24, 2.45) is 5.73 Å². The molecule has 1 atom stereocenters. The van der Waals surface area contributed by atoms with Crippen molar-refractivity contribution in [1.82, 2.24) is 9.97 Å². The second-order valence-corrected chi connectivity index (χ2v) is 4.49. The topological polar surface area (TPSA) is 51.8 Å². The fourth-order valence-corrected chi connectivity index (χ4v) is 1.79. The maximum absolute atomic E-state index is 5.65. The van der Waals surface area contributed by atoms with Gasteiger partial charge in [0.25, 0.3) is 0 Å². The van der Waals surface area contributed by atoms with E-state index in [-0.39, 0.29) is 5.92 Å². The highest BCUT2D eigenvalue weighted by Crippen LogP contribution is 2.19. The zero-order valence-electron chi connectivity index (χ0n) is 10.9. The lowest BCUT2D eigenvalue weighted by Gasteiger charge is -2.08. The first-order chi connectivity index (χ1) is 8.74. The number of hydrogen-bond donors (Lipinski definition) is 1. The lowest BCUT2D eigenvalue weighted by atomic mass is 10.1. The van der Waals surface area contributed by atoms with E-state index in [1.165, 1.54) is 5.56 Å². The summed E-state index contributed by atoms with van der Waals surface area (Å²) in [4.78, 5) is 8.86. The minimum absolute atomic E-state index is 0.194. The largest absolute Gasteiger partial charge is 0.330 e. The molecule has 94 valence electrons. The normalized spacial score (nSPS) is 12.4. The van der Waals surface area contributed by atoms with Gasteiger partial charge < -0.3 is 5.73 Å². The minimum Gasteiger partial charge on any atom is -0.330 e. The van der Waals surface area contributed by atoms with Crippen molar-refractivity contribution in [3.8, 4) is 11.3 Å². The summed E-state index contributed by atoms with van der Waals surface area (Å²) in [6, 6.07) is 10.4. The number of nitrogens with zero attached hydrogens (tertiary/aromatic N) is 2. The monoisotopic (exact) mass is 241 g/mol. The van der Waals surface area contributed by atoms with Gasteiger partial charge in [-0.15, -0.1) is 0 Å². The third-order valence-electron chi connectivity index (χ3n) is 3.13. The van der Waals surface area contributed by atoms with Gasteiger partial charge in [0, 0.05) is 24.2 Å². The highest BCUT2D eigenvalue weighted by Gasteiger charge is 2.08. The predicted octanol–water partition coefficient (Wildman–Crippen LogP) is 2.77. The van der Waals surface area contributed by atoms with E-state index in [0.717, 1.165) is 23.5 Å². The lowest BCUT2D eigenvalue weighted by molar-refractivity contribution is 0.713. The zero-order valence-corrected chi connectivity index (χ0v) is 10.9. The highest BCUT2D eigenvalue weighted by molar-refractivity contribution is 5.59. The van der Waals surface area contributed by atoms with E-state index >= 15 is 0 Å². The van der Waals surface area contributed by atoms with Crippen LogP contribution in [0, 0.1) is 0 Å². The number of aryl methyl sites for hydroxylation is 1. The Kier molecular flexibility index (Phi) is 4.05. The van der Waals surface area contributed by atoms with Gasteiger partial charge in [0.05, 0.1) is 5.69 Å². The molecule has 0 aliphatic heterocycles. The average molecular weight is 241 g/mol. The summed E-state index contributed by atoms with van der Waals surface area (Å²) in [5.41, 5.74) is 9.07. The van der Waals surface area contributed by atoms with Crippen LogP contribution < -0.4 is 5.73 Å². The van der Waals surface area contributed by atoms with Crippen LogP contribution in [0.3, 0.4) is 0 Å². The first-order valence-corrected chi connectivity index (χ1v) is 6.37. The van der Waals surface area contributed by atoms with Crippen molar-refractivity contribution < 1.29 is 0 Å². The molecule has 1 heterocycles. The Bertz CT molecular complexity index is 505. The Morgan fingerprint density at radius 1 is 1.17 bits per heavy atom. The summed E-state index contributed by atoms with van der Waals surface area (Å²) < 4.78 is 0. The molecule has 0 saturated heterocycles. The van der Waals surface area contributed by atoms with Crippen LogP contribution in [0.5, 0.6) is 0 Å². The molecule has 1 unspecified atom stereocenters. The zero-order chi connectivity index (χ0) is 13.0. The molecule has 0 bridgehead atoms. The van der Waals surface area contributed by atoms with Gasteiger partial charge in [0.1, 0.15) is 5.82 Å². The molecule has 0 aliphatic carbocycles. The van der Waals surface area contributed by atoms with Crippen LogP contribution in [0.1, 0.15) is 31.2 Å². The van der Waals surface area contributed by atoms with E-state index in [4.69, 9.17) is 5.73 Å². The average Bonchev–Trinajstić information content (AvgIpc) is 2.46. The summed E-state index contributed by atoms with van der Waals surface area (Å²) in [6.07, 6.45) is 2.86. The maximum Gasteiger partial charge on any atom is 0.133 e. The summed E-state index contributed by atoms with van der Waals surface area (Å²) in [6.45, 7) is 4.76. The van der Waals surface area contributed by atoms with Crippen molar-refractivity contribution in [2.45, 2.75) is 26.2 Å². The van der Waals surface area contributed by atoms with E-state index in [9.17, 15) is 0 Å². The van der Waals surface area contributed by atoms with Crippen molar-refractivity contribution in [3.05, 3.63) is 47.9 Å². The van der Waals surface area contributed by atoms with E-state index in [1.807, 2.05) is 13.0 Å². The minimum atomic E-state index is 0.194. The van der Waals surface area contributed by atoms with Crippen molar-refractivity contribution in [2.75, 3.05) is 6.54 Å². The molecule has 0 fully saturated rings. The molecule has 3 heteroatoms. The van der Waals surface area contributed by atoms with Crippen molar-refractivity contribution >= 4 is 0 Å². The van der Waals surface area contributed by atoms with Crippen LogP contribution >= 0.6 is 0 Å². The molecule has 2 rings (SSSR count). The van der Waals surface area contributed by atoms with Crippen LogP contribution in [0.2, 0.25) is 0 Å². The summed E-state index contributed by atoms with van der Waals surface area (Å²) in [5, 5.41) is 0. The van der Waals surface area contributed by atoms with Gasteiger partial charge in [0.2, 0.25) is 0 Å². The molecule has 2 aromatic rings. The molecule has 0 saturated carbocycles. The number of aromatic nitrogens is 2. The fourth-order valence-electron chi connectivity index (χ4n) is 1.79. The molecule has 1 aromatic carbocycles. The molecule has 1 aromatic heterocycles. The van der Waals surface area contributed by atoms with E-state index in [1.54, 1.807) is 6.20 Å². The van der Waals surface area contributed by atoms with Gasteiger partial charge in [-0.3, -0.25) is 0 Å². The Morgan fingerprint density at radius 3 is 2.50 bits per heavy atom. The third kappa shape index (κ3) is 2.74. The van der Waals surface area contributed by atoms with E-state index in [0.29, 0.717) is 6.54 Å². The molecule has 2 N–H and O–H groups in total. The Hall–Kier alpha value is -1.74. The maximum atomic E-state index is 5.65. The van der Waals surface area contributed by atoms with Crippen molar-refractivity contribution in [3.63, 3.8) is 0 Å². The fraction of sp³-hybridized carbons (Fsp3) is 0.333. The number of hydrogen-bond acceptors (Lipinski definition) is 3. The van der Waals surface area contributed by atoms with Crippen molar-refractivity contribution in [1.29, 1.82) is 0 Å². The molecule has 0 spiro atoms. The molecular formula is C15H19N3. The smallest absolute Gasteiger partial charge is 0.133 e. The molecular weight excluding hydrogens is 222 g/mol. The van der Waals surface area contributed by atoms with Gasteiger partial charge in [-0.2, -0.15) is 0 Å². The molecule has 0 radical (unpaired) electrons. The first-order valence-electron chi connectivity index (χ1n) is 6.37. The van der Waals surface area contributed by atoms with Crippen LogP contribution in [0.4, 0.5) is 0 Å². The summed E-state index contributed by atoms with van der Waals surface area (Å²) in [5.74, 6) is 1.01. The summed E-state index contributed by atoms with van der Waals surface area (Å²) >= 11 is 0. The van der Waals surface area contributed by atoms with Crippen LogP contribution in [0.25, 0.3) is 11.3 Å². The Labute approximate surface area is 108 Å². The van der Waals surface area contributed by atoms with Gasteiger partial charge in [-0.05, 0) is 18.1 Å². The van der Waals surface area contributed by atoms with Gasteiger partial charge >= 0.3 is 0 Å². The predicted molar refractivity (Wildman–Crippen MR) is 74.3 cm³/mol. The SMILES string of the molecule is CCc1ccc(-c2ccnc(C(C)CN)n2)cc1. The second-order valence-electron chi connectivity index (χ2n) is 4.49.